The number of aliphatic hydroxyl groups is 3. The molecule has 0 radical (unpaired) electrons. The summed E-state index contributed by atoms with van der Waals surface area (Å²) in [6, 6.07) is 0. The third-order valence-electron chi connectivity index (χ3n) is 1.12. The summed E-state index contributed by atoms with van der Waals surface area (Å²) in [7, 11) is -2.17. The van der Waals surface area contributed by atoms with Crippen molar-refractivity contribution in [1.82, 2.24) is 0 Å². The molecule has 6 N–H and O–H groups in total. The maximum absolute atomic E-state index is 8.34. The second kappa shape index (κ2) is 11.8. The zero-order valence-corrected chi connectivity index (χ0v) is 7.37. The van der Waals surface area contributed by atoms with Gasteiger partial charge < -0.3 is 30.4 Å². The molecule has 0 fully saturated rings. The van der Waals surface area contributed by atoms with Crippen LogP contribution in [-0.4, -0.2) is 50.6 Å². The van der Waals surface area contributed by atoms with Crippen molar-refractivity contribution in [2.75, 3.05) is 6.61 Å². The fourth-order valence-electron chi connectivity index (χ4n) is 0.615. The Morgan fingerprint density at radius 3 is 1.69 bits per heavy atom. The lowest BCUT2D eigenvalue weighted by Crippen LogP contribution is -2.07. The molecule has 80 valence electrons. The minimum absolute atomic E-state index is 0.196. The molecule has 0 aliphatic carbocycles. The summed E-state index contributed by atoms with van der Waals surface area (Å²) in [6.45, 7) is 0.196. The van der Waals surface area contributed by atoms with Crippen LogP contribution >= 0.6 is 0 Å². The Balaban J connectivity index is 0. The summed E-state index contributed by atoms with van der Waals surface area (Å²) in [4.78, 5) is 0. The SMILES string of the molecule is OB(O)O.OCCCCCC(O)O. The van der Waals surface area contributed by atoms with Crippen LogP contribution in [0.5, 0.6) is 0 Å². The summed E-state index contributed by atoms with van der Waals surface area (Å²) >= 11 is 0. The van der Waals surface area contributed by atoms with Crippen molar-refractivity contribution in [2.24, 2.45) is 0 Å². The molecule has 0 aromatic carbocycles. The normalized spacial score (nSPS) is 9.46. The molecule has 6 nitrogen and oxygen atoms in total. The third kappa shape index (κ3) is 33.6. The number of hydrogen-bond donors (Lipinski definition) is 6. The van der Waals surface area contributed by atoms with E-state index < -0.39 is 13.6 Å². The van der Waals surface area contributed by atoms with Crippen molar-refractivity contribution in [3.05, 3.63) is 0 Å². The van der Waals surface area contributed by atoms with Gasteiger partial charge in [-0.2, -0.15) is 0 Å². The molecule has 0 amide bonds. The maximum Gasteiger partial charge on any atom is 0.631 e. The molecule has 0 aliphatic heterocycles. The van der Waals surface area contributed by atoms with Crippen LogP contribution in [0.15, 0.2) is 0 Å². The minimum Gasteiger partial charge on any atom is -0.402 e. The van der Waals surface area contributed by atoms with Crippen molar-refractivity contribution < 1.29 is 30.4 Å². The van der Waals surface area contributed by atoms with E-state index in [1.807, 2.05) is 0 Å². The lowest BCUT2D eigenvalue weighted by molar-refractivity contribution is -0.0467. The van der Waals surface area contributed by atoms with Gasteiger partial charge in [0.25, 0.3) is 0 Å². The second-order valence-electron chi connectivity index (χ2n) is 2.40. The quantitative estimate of drug-likeness (QED) is 0.168. The van der Waals surface area contributed by atoms with E-state index in [0.29, 0.717) is 6.42 Å². The maximum atomic E-state index is 8.34. The molecule has 13 heavy (non-hydrogen) atoms. The van der Waals surface area contributed by atoms with Gasteiger partial charge >= 0.3 is 7.32 Å². The summed E-state index contributed by atoms with van der Waals surface area (Å²) < 4.78 is 0. The van der Waals surface area contributed by atoms with Crippen molar-refractivity contribution in [3.63, 3.8) is 0 Å². The Morgan fingerprint density at radius 1 is 0.923 bits per heavy atom. The second-order valence-corrected chi connectivity index (χ2v) is 2.40. The van der Waals surface area contributed by atoms with Gasteiger partial charge in [-0.3, -0.25) is 0 Å². The molecule has 0 unspecified atom stereocenters. The van der Waals surface area contributed by atoms with Crippen LogP contribution in [0.2, 0.25) is 0 Å². The first-order chi connectivity index (χ1) is 6.00. The third-order valence-corrected chi connectivity index (χ3v) is 1.12. The van der Waals surface area contributed by atoms with Gasteiger partial charge in [-0.1, -0.05) is 6.42 Å². The van der Waals surface area contributed by atoms with Crippen molar-refractivity contribution >= 4 is 7.32 Å². The Kier molecular flexibility index (Phi) is 13.9. The smallest absolute Gasteiger partial charge is 0.402 e. The van der Waals surface area contributed by atoms with Crippen molar-refractivity contribution in [3.8, 4) is 0 Å². The monoisotopic (exact) mass is 196 g/mol. The molecule has 0 atom stereocenters. The molecule has 0 bridgehead atoms. The highest BCUT2D eigenvalue weighted by atomic mass is 16.5. The summed E-state index contributed by atoms with van der Waals surface area (Å²) in [5, 5.41) is 46.5. The molecule has 0 aromatic rings. The summed E-state index contributed by atoms with van der Waals surface area (Å²) in [6.07, 6.45) is 1.64. The van der Waals surface area contributed by atoms with E-state index in [1.54, 1.807) is 0 Å². The van der Waals surface area contributed by atoms with Crippen LogP contribution < -0.4 is 0 Å². The van der Waals surface area contributed by atoms with Gasteiger partial charge in [0.2, 0.25) is 0 Å². The summed E-state index contributed by atoms with van der Waals surface area (Å²) in [5.41, 5.74) is 0. The molecular weight excluding hydrogens is 179 g/mol. The van der Waals surface area contributed by atoms with Crippen LogP contribution in [0, 0.1) is 0 Å². The van der Waals surface area contributed by atoms with Gasteiger partial charge in [0.1, 0.15) is 0 Å². The van der Waals surface area contributed by atoms with Crippen LogP contribution in [0.25, 0.3) is 0 Å². The molecule has 0 rings (SSSR count). The van der Waals surface area contributed by atoms with Gasteiger partial charge in [0.05, 0.1) is 0 Å². The predicted molar refractivity (Wildman–Crippen MR) is 46.2 cm³/mol. The number of rotatable bonds is 5. The highest BCUT2D eigenvalue weighted by Crippen LogP contribution is 2.00. The first-order valence-electron chi connectivity index (χ1n) is 4.02. The van der Waals surface area contributed by atoms with Gasteiger partial charge in [0.15, 0.2) is 6.29 Å². The Morgan fingerprint density at radius 2 is 1.38 bits per heavy atom. The molecule has 0 aromatic heterocycles. The van der Waals surface area contributed by atoms with E-state index in [1.165, 1.54) is 0 Å². The van der Waals surface area contributed by atoms with E-state index in [2.05, 4.69) is 0 Å². The van der Waals surface area contributed by atoms with Crippen molar-refractivity contribution in [1.29, 1.82) is 0 Å². The zero-order valence-electron chi connectivity index (χ0n) is 7.37. The number of aliphatic hydroxyl groups excluding tert-OH is 2. The summed E-state index contributed by atoms with van der Waals surface area (Å²) in [5.74, 6) is 0. The average Bonchev–Trinajstić information content (AvgIpc) is 1.97. The van der Waals surface area contributed by atoms with E-state index in [0.717, 1.165) is 19.3 Å². The first kappa shape index (κ1) is 15.3. The van der Waals surface area contributed by atoms with Crippen molar-refractivity contribution in [2.45, 2.75) is 32.0 Å². The number of unbranched alkanes of at least 4 members (excludes halogenated alkanes) is 2. The first-order valence-corrected chi connectivity index (χ1v) is 4.02. The average molecular weight is 196 g/mol. The van der Waals surface area contributed by atoms with Crippen LogP contribution in [0.3, 0.4) is 0 Å². The highest BCUT2D eigenvalue weighted by molar-refractivity contribution is 6.30. The van der Waals surface area contributed by atoms with Gasteiger partial charge in [-0.25, -0.2) is 0 Å². The molecule has 7 heteroatoms. The molecule has 0 spiro atoms. The lowest BCUT2D eigenvalue weighted by Gasteiger charge is -2.00. The Hall–Kier alpha value is -0.175. The highest BCUT2D eigenvalue weighted by Gasteiger charge is 1.95. The van der Waals surface area contributed by atoms with Crippen LogP contribution in [0.4, 0.5) is 0 Å². The number of hydrogen-bond acceptors (Lipinski definition) is 6. The zero-order chi connectivity index (χ0) is 10.7. The Labute approximate surface area is 77.3 Å². The van der Waals surface area contributed by atoms with Gasteiger partial charge in [-0.05, 0) is 19.3 Å². The molecule has 0 saturated heterocycles. The van der Waals surface area contributed by atoms with Gasteiger partial charge in [0, 0.05) is 6.61 Å². The van der Waals surface area contributed by atoms with Crippen LogP contribution in [-0.2, 0) is 0 Å². The Bertz CT molecular complexity index is 86.4. The van der Waals surface area contributed by atoms with E-state index in [4.69, 9.17) is 30.4 Å². The topological polar surface area (TPSA) is 121 Å². The molecule has 0 heterocycles. The minimum atomic E-state index is -2.17. The largest absolute Gasteiger partial charge is 0.631 e. The molecule has 0 aliphatic rings. The van der Waals surface area contributed by atoms with Crippen LogP contribution in [0.1, 0.15) is 25.7 Å². The van der Waals surface area contributed by atoms with Gasteiger partial charge in [-0.15, -0.1) is 0 Å². The predicted octanol–water partition coefficient (Wildman–Crippen LogP) is -2.20. The molecular formula is C6H17BO6. The fourth-order valence-corrected chi connectivity index (χ4v) is 0.615. The van der Waals surface area contributed by atoms with E-state index in [9.17, 15) is 0 Å². The standard InChI is InChI=1S/C6H14O3.BH3O3/c7-5-3-1-2-4-6(8)9;2-1(3)4/h6-9H,1-5H2;2-4H. The fraction of sp³-hybridized carbons (Fsp3) is 1.00. The lowest BCUT2D eigenvalue weighted by atomic mass is 10.2. The van der Waals surface area contributed by atoms with E-state index in [-0.39, 0.29) is 6.61 Å². The molecule has 0 saturated carbocycles. The van der Waals surface area contributed by atoms with E-state index >= 15 is 0 Å².